The summed E-state index contributed by atoms with van der Waals surface area (Å²) in [5.41, 5.74) is 7.05. The molecule has 0 aliphatic carbocycles. The fourth-order valence-corrected chi connectivity index (χ4v) is 1.40. The Balaban J connectivity index is 2.53. The molecule has 66 valence electrons. The number of hydrogen-bond donors (Lipinski definition) is 1. The van der Waals surface area contributed by atoms with Crippen molar-refractivity contribution in [1.29, 1.82) is 0 Å². The van der Waals surface area contributed by atoms with Crippen molar-refractivity contribution in [2.24, 2.45) is 0 Å². The van der Waals surface area contributed by atoms with Crippen LogP contribution in [0.5, 0.6) is 0 Å². The van der Waals surface area contributed by atoms with Gasteiger partial charge in [-0.05, 0) is 24.3 Å². The Kier molecular flexibility index (Phi) is 1.94. The average molecular weight is 194 g/mol. The second kappa shape index (κ2) is 3.11. The number of rotatable bonds is 1. The molecule has 0 saturated carbocycles. The van der Waals surface area contributed by atoms with Crippen molar-refractivity contribution in [3.05, 3.63) is 41.7 Å². The van der Waals surface area contributed by atoms with Gasteiger partial charge in [0.05, 0.1) is 10.7 Å². The molecule has 1 aromatic heterocycles. The first-order valence-electron chi connectivity index (χ1n) is 3.82. The lowest BCUT2D eigenvalue weighted by Gasteiger charge is -2.04. The van der Waals surface area contributed by atoms with E-state index in [2.05, 4.69) is 5.10 Å². The molecule has 0 radical (unpaired) electrons. The fraction of sp³-hybridized carbons (Fsp3) is 0. The number of aromatic nitrogens is 2. The minimum atomic E-state index is 0.601. The molecule has 4 heteroatoms. The van der Waals surface area contributed by atoms with E-state index >= 15 is 0 Å². The Hall–Kier alpha value is -1.48. The van der Waals surface area contributed by atoms with E-state index in [4.69, 9.17) is 17.3 Å². The molecule has 1 heterocycles. The summed E-state index contributed by atoms with van der Waals surface area (Å²) in [5, 5.41) is 4.67. The van der Waals surface area contributed by atoms with Crippen LogP contribution in [-0.4, -0.2) is 9.78 Å². The normalized spacial score (nSPS) is 10.2. The number of nitrogen functional groups attached to an aromatic ring is 1. The van der Waals surface area contributed by atoms with Gasteiger partial charge in [-0.15, -0.1) is 0 Å². The highest BCUT2D eigenvalue weighted by Crippen LogP contribution is 2.21. The molecule has 0 amide bonds. The van der Waals surface area contributed by atoms with Gasteiger partial charge in [0.2, 0.25) is 0 Å². The molecular formula is C9H8ClN3. The lowest BCUT2D eigenvalue weighted by molar-refractivity contribution is 0.881. The summed E-state index contributed by atoms with van der Waals surface area (Å²) in [4.78, 5) is 0. The van der Waals surface area contributed by atoms with Gasteiger partial charge in [0, 0.05) is 18.1 Å². The van der Waals surface area contributed by atoms with Gasteiger partial charge in [0.15, 0.2) is 0 Å². The number of nitrogens with two attached hydrogens (primary N) is 1. The van der Waals surface area contributed by atoms with E-state index in [1.807, 2.05) is 18.3 Å². The van der Waals surface area contributed by atoms with Gasteiger partial charge in [-0.1, -0.05) is 11.6 Å². The third-order valence-corrected chi connectivity index (χ3v) is 2.03. The Bertz CT molecular complexity index is 409. The van der Waals surface area contributed by atoms with Crippen molar-refractivity contribution in [2.45, 2.75) is 0 Å². The van der Waals surface area contributed by atoms with Gasteiger partial charge in [0.1, 0.15) is 0 Å². The summed E-state index contributed by atoms with van der Waals surface area (Å²) in [6.45, 7) is 0. The van der Waals surface area contributed by atoms with Crippen LogP contribution in [0.25, 0.3) is 5.69 Å². The van der Waals surface area contributed by atoms with Crippen LogP contribution in [0.1, 0.15) is 0 Å². The largest absolute Gasteiger partial charge is 0.399 e. The maximum Gasteiger partial charge on any atom is 0.0833 e. The van der Waals surface area contributed by atoms with Crippen LogP contribution in [-0.2, 0) is 0 Å². The second-order valence-corrected chi connectivity index (χ2v) is 3.07. The number of halogens is 1. The first kappa shape index (κ1) is 8.13. The third-order valence-electron chi connectivity index (χ3n) is 1.72. The zero-order chi connectivity index (χ0) is 9.26. The highest BCUT2D eigenvalue weighted by Gasteiger charge is 2.01. The molecule has 2 aromatic rings. The van der Waals surface area contributed by atoms with Crippen LogP contribution < -0.4 is 5.73 Å². The molecular weight excluding hydrogens is 186 g/mol. The molecule has 0 aliphatic heterocycles. The maximum atomic E-state index is 5.98. The van der Waals surface area contributed by atoms with E-state index in [9.17, 15) is 0 Å². The summed E-state index contributed by atoms with van der Waals surface area (Å²) in [6.07, 6.45) is 3.53. The Morgan fingerprint density at radius 1 is 1.38 bits per heavy atom. The summed E-state index contributed by atoms with van der Waals surface area (Å²) in [7, 11) is 0. The second-order valence-electron chi connectivity index (χ2n) is 2.66. The number of benzene rings is 1. The van der Waals surface area contributed by atoms with Crippen molar-refractivity contribution in [3.8, 4) is 5.69 Å². The van der Waals surface area contributed by atoms with Crippen molar-refractivity contribution in [2.75, 3.05) is 5.73 Å². The van der Waals surface area contributed by atoms with Gasteiger partial charge in [0.25, 0.3) is 0 Å². The Morgan fingerprint density at radius 2 is 2.23 bits per heavy atom. The molecule has 0 unspecified atom stereocenters. The van der Waals surface area contributed by atoms with Gasteiger partial charge in [-0.25, -0.2) is 4.68 Å². The van der Waals surface area contributed by atoms with Crippen LogP contribution >= 0.6 is 11.6 Å². The van der Waals surface area contributed by atoms with Gasteiger partial charge < -0.3 is 5.73 Å². The highest BCUT2D eigenvalue weighted by atomic mass is 35.5. The monoisotopic (exact) mass is 193 g/mol. The molecule has 0 fully saturated rings. The lowest BCUT2D eigenvalue weighted by atomic mass is 10.3. The average Bonchev–Trinajstić information content (AvgIpc) is 2.56. The third kappa shape index (κ3) is 1.51. The van der Waals surface area contributed by atoms with Crippen molar-refractivity contribution >= 4 is 17.3 Å². The molecule has 0 saturated heterocycles. The van der Waals surface area contributed by atoms with E-state index in [0.717, 1.165) is 5.69 Å². The quantitative estimate of drug-likeness (QED) is 0.705. The summed E-state index contributed by atoms with van der Waals surface area (Å²) in [6, 6.07) is 7.18. The first-order chi connectivity index (χ1) is 6.27. The van der Waals surface area contributed by atoms with Gasteiger partial charge >= 0.3 is 0 Å². The zero-order valence-corrected chi connectivity index (χ0v) is 7.57. The lowest BCUT2D eigenvalue weighted by Crippen LogP contribution is -1.96. The predicted octanol–water partition coefficient (Wildman–Crippen LogP) is 2.11. The fourth-order valence-electron chi connectivity index (χ4n) is 1.12. The van der Waals surface area contributed by atoms with Crippen LogP contribution in [0, 0.1) is 0 Å². The van der Waals surface area contributed by atoms with Crippen LogP contribution in [0.4, 0.5) is 5.69 Å². The number of anilines is 1. The van der Waals surface area contributed by atoms with E-state index in [1.54, 1.807) is 23.0 Å². The molecule has 2 rings (SSSR count). The maximum absolute atomic E-state index is 5.98. The Labute approximate surface area is 80.7 Å². The molecule has 3 nitrogen and oxygen atoms in total. The van der Waals surface area contributed by atoms with E-state index in [0.29, 0.717) is 10.7 Å². The van der Waals surface area contributed by atoms with Crippen LogP contribution in [0.2, 0.25) is 5.02 Å². The number of nitrogens with zero attached hydrogens (tertiary/aromatic N) is 2. The predicted molar refractivity (Wildman–Crippen MR) is 53.0 cm³/mol. The topological polar surface area (TPSA) is 43.8 Å². The number of hydrogen-bond acceptors (Lipinski definition) is 2. The van der Waals surface area contributed by atoms with Gasteiger partial charge in [-0.2, -0.15) is 5.10 Å². The smallest absolute Gasteiger partial charge is 0.0833 e. The highest BCUT2D eigenvalue weighted by molar-refractivity contribution is 6.32. The zero-order valence-electron chi connectivity index (χ0n) is 6.81. The standard InChI is InChI=1S/C9H8ClN3/c10-8-6-7(11)2-3-9(8)13-5-1-4-12-13/h1-6H,11H2. The minimum absolute atomic E-state index is 0.601. The van der Waals surface area contributed by atoms with E-state index in [1.165, 1.54) is 0 Å². The van der Waals surface area contributed by atoms with Crippen molar-refractivity contribution in [1.82, 2.24) is 9.78 Å². The van der Waals surface area contributed by atoms with Crippen LogP contribution in [0.3, 0.4) is 0 Å². The summed E-state index contributed by atoms with van der Waals surface area (Å²) >= 11 is 5.98. The first-order valence-corrected chi connectivity index (χ1v) is 4.20. The van der Waals surface area contributed by atoms with Crippen LogP contribution in [0.15, 0.2) is 36.7 Å². The molecule has 13 heavy (non-hydrogen) atoms. The summed E-state index contributed by atoms with van der Waals surface area (Å²) in [5.74, 6) is 0. The summed E-state index contributed by atoms with van der Waals surface area (Å²) < 4.78 is 1.70. The van der Waals surface area contributed by atoms with E-state index < -0.39 is 0 Å². The van der Waals surface area contributed by atoms with Gasteiger partial charge in [-0.3, -0.25) is 0 Å². The molecule has 2 N–H and O–H groups in total. The molecule has 1 aromatic carbocycles. The van der Waals surface area contributed by atoms with E-state index in [-0.39, 0.29) is 0 Å². The van der Waals surface area contributed by atoms with Crippen molar-refractivity contribution < 1.29 is 0 Å². The van der Waals surface area contributed by atoms with Crippen molar-refractivity contribution in [3.63, 3.8) is 0 Å². The molecule has 0 spiro atoms. The molecule has 0 bridgehead atoms. The molecule has 0 atom stereocenters. The Morgan fingerprint density at radius 3 is 2.85 bits per heavy atom. The SMILES string of the molecule is Nc1ccc(-n2cccn2)c(Cl)c1. The molecule has 0 aliphatic rings. The minimum Gasteiger partial charge on any atom is -0.399 e.